The first-order valence-corrected chi connectivity index (χ1v) is 21.2. The number of morpholine rings is 1. The Bertz CT molecular complexity index is 2650. The zero-order chi connectivity index (χ0) is 41.4. The van der Waals surface area contributed by atoms with Crippen LogP contribution in [-0.4, -0.2) is 46.5 Å². The van der Waals surface area contributed by atoms with Crippen molar-refractivity contribution in [1.29, 1.82) is 0 Å². The van der Waals surface area contributed by atoms with Gasteiger partial charge in [0.25, 0.3) is 0 Å². The van der Waals surface area contributed by atoms with Crippen LogP contribution in [0.4, 0.5) is 24.5 Å². The number of benzene rings is 6. The third-order valence-electron chi connectivity index (χ3n) is 13.3. The molecule has 1 aliphatic carbocycles. The van der Waals surface area contributed by atoms with Gasteiger partial charge in [0.05, 0.1) is 31.6 Å². The van der Waals surface area contributed by atoms with Crippen molar-refractivity contribution in [2.75, 3.05) is 56.3 Å². The van der Waals surface area contributed by atoms with Gasteiger partial charge in [-0.05, 0) is 107 Å². The first kappa shape index (κ1) is 38.5. The summed E-state index contributed by atoms with van der Waals surface area (Å²) < 4.78 is 62.7. The molecule has 6 aromatic carbocycles. The minimum atomic E-state index is -4.48. The summed E-state index contributed by atoms with van der Waals surface area (Å²) in [6, 6.07) is 33.5. The molecule has 1 atom stereocenters. The molecule has 306 valence electrons. The molecule has 3 heterocycles. The van der Waals surface area contributed by atoms with Crippen LogP contribution in [0, 0.1) is 6.92 Å². The molecule has 5 nitrogen and oxygen atoms in total. The predicted molar refractivity (Wildman–Crippen MR) is 236 cm³/mol. The van der Waals surface area contributed by atoms with E-state index in [-0.39, 0.29) is 5.56 Å². The molecular weight excluding hydrogens is 758 g/mol. The van der Waals surface area contributed by atoms with Gasteiger partial charge in [-0.15, -0.1) is 0 Å². The van der Waals surface area contributed by atoms with Gasteiger partial charge in [0, 0.05) is 59.4 Å². The van der Waals surface area contributed by atoms with Crippen molar-refractivity contribution in [3.05, 3.63) is 148 Å². The Kier molecular flexibility index (Phi) is 9.28. The molecule has 6 aromatic rings. The van der Waals surface area contributed by atoms with Gasteiger partial charge < -0.3 is 24.0 Å². The van der Waals surface area contributed by atoms with E-state index < -0.39 is 22.8 Å². The normalized spacial score (nSPS) is 19.4. The molecule has 2 fully saturated rings. The Balaban J connectivity index is 1.21. The van der Waals surface area contributed by atoms with Crippen molar-refractivity contribution in [3.8, 4) is 33.8 Å². The van der Waals surface area contributed by atoms with Gasteiger partial charge >= 0.3 is 6.18 Å². The second kappa shape index (κ2) is 14.5. The zero-order valence-electron chi connectivity index (χ0n) is 34.6. The topological polar surface area (TPSA) is 34.2 Å². The molecule has 1 unspecified atom stereocenters. The molecule has 3 aliphatic heterocycles. The third-order valence-corrected chi connectivity index (χ3v) is 13.3. The molecule has 0 amide bonds. The highest BCUT2D eigenvalue weighted by Gasteiger charge is 2.45. The number of aryl methyl sites for hydroxylation is 1. The lowest BCUT2D eigenvalue weighted by Crippen LogP contribution is -2.37. The maximum absolute atomic E-state index is 14.4. The lowest BCUT2D eigenvalue weighted by atomic mass is 9.76. The number of piperidine rings is 1. The molecular formula is C52H49F3N2O3. The fraction of sp³-hybridized carbons (Fsp3) is 0.308. The Morgan fingerprint density at radius 2 is 1.42 bits per heavy atom. The maximum Gasteiger partial charge on any atom is 0.417 e. The van der Waals surface area contributed by atoms with E-state index in [2.05, 4.69) is 103 Å². The van der Waals surface area contributed by atoms with Gasteiger partial charge in [0.2, 0.25) is 0 Å². The molecule has 8 heteroatoms. The number of halogens is 3. The number of ether oxygens (including phenoxy) is 3. The molecule has 2 saturated heterocycles. The van der Waals surface area contributed by atoms with Crippen molar-refractivity contribution in [2.45, 2.75) is 57.2 Å². The summed E-state index contributed by atoms with van der Waals surface area (Å²) in [4.78, 5) is 4.79. The standard InChI is InChI=1S/C52H49F3N2O3/c1-33-12-15-35(16-13-33)51(36-17-19-37(20-18-36)56-26-28-59-29-27-56)23-22-40-48-47(41-31-45(57-24-8-5-9-25-57)46(58-4)32-42(41)49(40)60-51)39-21-14-34(30-44(39)50(48,2)3)38-10-6-7-11-43(38)52(53,54)55/h6-7,10-23,30-32H,5,8-9,24-29H2,1-4H3. The highest BCUT2D eigenvalue weighted by molar-refractivity contribution is 6.10. The van der Waals surface area contributed by atoms with Crippen molar-refractivity contribution < 1.29 is 27.4 Å². The highest BCUT2D eigenvalue weighted by atomic mass is 19.4. The summed E-state index contributed by atoms with van der Waals surface area (Å²) in [6.45, 7) is 11.5. The van der Waals surface area contributed by atoms with Crippen LogP contribution in [0.2, 0.25) is 0 Å². The van der Waals surface area contributed by atoms with E-state index in [0.717, 1.165) is 117 Å². The van der Waals surface area contributed by atoms with Gasteiger partial charge in [-0.2, -0.15) is 13.2 Å². The molecule has 0 N–H and O–H groups in total. The molecule has 0 bridgehead atoms. The van der Waals surface area contributed by atoms with Gasteiger partial charge in [0.1, 0.15) is 11.5 Å². The van der Waals surface area contributed by atoms with Crippen molar-refractivity contribution >= 4 is 28.2 Å². The highest BCUT2D eigenvalue weighted by Crippen LogP contribution is 2.60. The van der Waals surface area contributed by atoms with E-state index in [9.17, 15) is 13.2 Å². The number of methoxy groups -OCH3 is 1. The Labute approximate surface area is 350 Å². The number of hydrogen-bond acceptors (Lipinski definition) is 5. The molecule has 0 saturated carbocycles. The van der Waals surface area contributed by atoms with Crippen molar-refractivity contribution in [2.24, 2.45) is 0 Å². The number of alkyl halides is 3. The van der Waals surface area contributed by atoms with Crippen LogP contribution >= 0.6 is 0 Å². The SMILES string of the molecule is COc1cc2c3c(c4c(c2cc1N1CCCCC1)-c1ccc(-c2ccccc2C(F)(F)F)cc1C4(C)C)C=CC(c1ccc(C)cc1)(c1ccc(N2CCOCC2)cc1)O3. The summed E-state index contributed by atoms with van der Waals surface area (Å²) in [5.41, 5.74) is 9.07. The predicted octanol–water partition coefficient (Wildman–Crippen LogP) is 12.3. The molecule has 0 aromatic heterocycles. The van der Waals surface area contributed by atoms with E-state index in [1.54, 1.807) is 19.2 Å². The summed E-state index contributed by atoms with van der Waals surface area (Å²) >= 11 is 0. The van der Waals surface area contributed by atoms with Gasteiger partial charge in [-0.1, -0.05) is 92.2 Å². The molecule has 0 spiro atoms. The average molecular weight is 807 g/mol. The van der Waals surface area contributed by atoms with Gasteiger partial charge in [-0.3, -0.25) is 0 Å². The smallest absolute Gasteiger partial charge is 0.417 e. The second-order valence-electron chi connectivity index (χ2n) is 17.2. The van der Waals surface area contributed by atoms with Crippen LogP contribution in [0.3, 0.4) is 0 Å². The molecule has 0 radical (unpaired) electrons. The first-order valence-electron chi connectivity index (χ1n) is 21.2. The average Bonchev–Trinajstić information content (AvgIpc) is 3.52. The third kappa shape index (κ3) is 6.17. The van der Waals surface area contributed by atoms with E-state index in [0.29, 0.717) is 18.8 Å². The van der Waals surface area contributed by atoms with E-state index in [1.807, 2.05) is 18.2 Å². The van der Waals surface area contributed by atoms with Crippen molar-refractivity contribution in [1.82, 2.24) is 0 Å². The minimum Gasteiger partial charge on any atom is -0.495 e. The van der Waals surface area contributed by atoms with E-state index >= 15 is 0 Å². The van der Waals surface area contributed by atoms with Crippen LogP contribution in [0.1, 0.15) is 72.1 Å². The van der Waals surface area contributed by atoms with E-state index in [4.69, 9.17) is 14.2 Å². The molecule has 60 heavy (non-hydrogen) atoms. The first-order chi connectivity index (χ1) is 29.0. The number of hydrogen-bond donors (Lipinski definition) is 0. The van der Waals surface area contributed by atoms with E-state index in [1.165, 1.54) is 18.6 Å². The fourth-order valence-electron chi connectivity index (χ4n) is 10.2. The fourth-order valence-corrected chi connectivity index (χ4v) is 10.2. The number of fused-ring (bicyclic) bond motifs is 8. The summed E-state index contributed by atoms with van der Waals surface area (Å²) in [6.07, 6.45) is 3.36. The van der Waals surface area contributed by atoms with Crippen LogP contribution in [0.25, 0.3) is 39.1 Å². The number of anilines is 2. The van der Waals surface area contributed by atoms with Gasteiger partial charge in [0.15, 0.2) is 5.60 Å². The minimum absolute atomic E-state index is 0.175. The second-order valence-corrected chi connectivity index (χ2v) is 17.2. The molecule has 4 aliphatic rings. The Hall–Kier alpha value is -5.73. The van der Waals surface area contributed by atoms with Crippen LogP contribution < -0.4 is 19.3 Å². The Morgan fingerprint density at radius 3 is 2.12 bits per heavy atom. The largest absolute Gasteiger partial charge is 0.495 e. The number of rotatable bonds is 6. The summed E-state index contributed by atoms with van der Waals surface area (Å²) in [5, 5.41) is 1.97. The van der Waals surface area contributed by atoms with Gasteiger partial charge in [-0.25, -0.2) is 0 Å². The Morgan fingerprint density at radius 1 is 0.717 bits per heavy atom. The summed E-state index contributed by atoms with van der Waals surface area (Å²) in [5.74, 6) is 1.55. The number of nitrogens with zero attached hydrogens (tertiary/aromatic N) is 2. The lowest BCUT2D eigenvalue weighted by Gasteiger charge is -2.39. The quantitative estimate of drug-likeness (QED) is 0.167. The maximum atomic E-state index is 14.4. The molecule has 10 rings (SSSR count). The zero-order valence-corrected chi connectivity index (χ0v) is 34.6. The van der Waals surface area contributed by atoms with Crippen LogP contribution in [-0.2, 0) is 21.9 Å². The van der Waals surface area contributed by atoms with Crippen LogP contribution in [0.5, 0.6) is 11.5 Å². The van der Waals surface area contributed by atoms with Crippen LogP contribution in [0.15, 0.2) is 109 Å². The monoisotopic (exact) mass is 806 g/mol. The van der Waals surface area contributed by atoms with Crippen molar-refractivity contribution in [3.63, 3.8) is 0 Å². The summed E-state index contributed by atoms with van der Waals surface area (Å²) in [7, 11) is 1.74. The lowest BCUT2D eigenvalue weighted by molar-refractivity contribution is -0.137.